The normalized spacial score (nSPS) is 17.0. The minimum Gasteiger partial charge on any atom is -0.370 e. The molecule has 0 aliphatic carbocycles. The van der Waals surface area contributed by atoms with Gasteiger partial charge < -0.3 is 4.90 Å². The first-order chi connectivity index (χ1) is 5.29. The van der Waals surface area contributed by atoms with Crippen LogP contribution in [0.4, 0.5) is 0 Å². The monoisotopic (exact) mass is 147 g/mol. The molecule has 1 heterocycles. The van der Waals surface area contributed by atoms with Crippen molar-refractivity contribution < 1.29 is 0 Å². The molecule has 0 fully saturated rings. The van der Waals surface area contributed by atoms with Crippen LogP contribution in [0.5, 0.6) is 0 Å². The standard InChI is InChI=1S/C10H13N/c1-4-9-7-6-8-11(3)10(9)5-2/h4-7H,1-2,8H2,3H3. The fourth-order valence-corrected chi connectivity index (χ4v) is 1.19. The van der Waals surface area contributed by atoms with Crippen molar-refractivity contribution in [2.45, 2.75) is 0 Å². The lowest BCUT2D eigenvalue weighted by Crippen LogP contribution is -2.20. The highest BCUT2D eigenvalue weighted by Gasteiger charge is 2.06. The van der Waals surface area contributed by atoms with Crippen LogP contribution in [-0.4, -0.2) is 18.5 Å². The summed E-state index contributed by atoms with van der Waals surface area (Å²) >= 11 is 0. The molecule has 1 heteroatoms. The van der Waals surface area contributed by atoms with Crippen LogP contribution < -0.4 is 0 Å². The molecule has 0 aromatic heterocycles. The molecule has 1 rings (SSSR count). The quantitative estimate of drug-likeness (QED) is 0.578. The van der Waals surface area contributed by atoms with Crippen molar-refractivity contribution in [3.63, 3.8) is 0 Å². The Morgan fingerprint density at radius 3 is 2.64 bits per heavy atom. The first kappa shape index (κ1) is 7.86. The molecule has 0 N–H and O–H groups in total. The molecule has 0 unspecified atom stereocenters. The van der Waals surface area contributed by atoms with Crippen LogP contribution in [0.15, 0.2) is 48.7 Å². The number of hydrogen-bond acceptors (Lipinski definition) is 1. The zero-order chi connectivity index (χ0) is 8.27. The van der Waals surface area contributed by atoms with Crippen LogP contribution in [0.3, 0.4) is 0 Å². The topological polar surface area (TPSA) is 3.24 Å². The molecule has 1 aliphatic rings. The molecule has 0 aromatic rings. The second kappa shape index (κ2) is 3.24. The van der Waals surface area contributed by atoms with Gasteiger partial charge in [0.1, 0.15) is 0 Å². The van der Waals surface area contributed by atoms with Gasteiger partial charge >= 0.3 is 0 Å². The number of likely N-dealkylation sites (N-methyl/N-ethyl adjacent to an activating group) is 1. The lowest BCUT2D eigenvalue weighted by atomic mass is 10.1. The van der Waals surface area contributed by atoms with Gasteiger partial charge in [-0.1, -0.05) is 31.4 Å². The highest BCUT2D eigenvalue weighted by molar-refractivity contribution is 5.41. The first-order valence-corrected chi connectivity index (χ1v) is 3.66. The van der Waals surface area contributed by atoms with Gasteiger partial charge in [-0.15, -0.1) is 0 Å². The summed E-state index contributed by atoms with van der Waals surface area (Å²) in [6.07, 6.45) is 7.90. The van der Waals surface area contributed by atoms with Gasteiger partial charge in [0, 0.05) is 19.3 Å². The zero-order valence-electron chi connectivity index (χ0n) is 6.88. The number of allylic oxidation sites excluding steroid dienone is 4. The average molecular weight is 147 g/mol. The fraction of sp³-hybridized carbons (Fsp3) is 0.200. The van der Waals surface area contributed by atoms with E-state index in [1.807, 2.05) is 19.2 Å². The molecule has 1 nitrogen and oxygen atoms in total. The maximum atomic E-state index is 3.75. The van der Waals surface area contributed by atoms with Gasteiger partial charge in [-0.05, 0) is 11.6 Å². The van der Waals surface area contributed by atoms with Gasteiger partial charge in [-0.2, -0.15) is 0 Å². The summed E-state index contributed by atoms with van der Waals surface area (Å²) in [6.45, 7) is 8.44. The highest BCUT2D eigenvalue weighted by Crippen LogP contribution is 2.16. The van der Waals surface area contributed by atoms with Gasteiger partial charge in [0.15, 0.2) is 0 Å². The molecular formula is C10H13N. The Labute approximate surface area is 68.0 Å². The lowest BCUT2D eigenvalue weighted by Gasteiger charge is -2.23. The number of nitrogens with zero attached hydrogens (tertiary/aromatic N) is 1. The van der Waals surface area contributed by atoms with Crippen molar-refractivity contribution >= 4 is 0 Å². The van der Waals surface area contributed by atoms with E-state index in [4.69, 9.17) is 0 Å². The van der Waals surface area contributed by atoms with Gasteiger partial charge in [-0.25, -0.2) is 0 Å². The molecule has 0 saturated carbocycles. The third kappa shape index (κ3) is 1.43. The van der Waals surface area contributed by atoms with Gasteiger partial charge in [0.2, 0.25) is 0 Å². The van der Waals surface area contributed by atoms with Crippen molar-refractivity contribution in [1.82, 2.24) is 4.90 Å². The molecule has 1 aliphatic heterocycles. The maximum Gasteiger partial charge on any atom is 0.0433 e. The summed E-state index contributed by atoms with van der Waals surface area (Å²) in [5, 5.41) is 0. The summed E-state index contributed by atoms with van der Waals surface area (Å²) in [5.41, 5.74) is 2.30. The molecule has 0 aromatic carbocycles. The van der Waals surface area contributed by atoms with E-state index in [1.54, 1.807) is 0 Å². The lowest BCUT2D eigenvalue weighted by molar-refractivity contribution is 0.471. The Morgan fingerprint density at radius 1 is 1.45 bits per heavy atom. The predicted molar refractivity (Wildman–Crippen MR) is 49.2 cm³/mol. The Bertz CT molecular complexity index is 233. The summed E-state index contributed by atoms with van der Waals surface area (Å²) in [5.74, 6) is 0. The second-order valence-corrected chi connectivity index (χ2v) is 2.53. The third-order valence-corrected chi connectivity index (χ3v) is 1.80. The van der Waals surface area contributed by atoms with Gasteiger partial charge in [0.25, 0.3) is 0 Å². The van der Waals surface area contributed by atoms with Crippen molar-refractivity contribution in [2.75, 3.05) is 13.6 Å². The van der Waals surface area contributed by atoms with E-state index in [0.29, 0.717) is 0 Å². The highest BCUT2D eigenvalue weighted by atomic mass is 15.1. The molecule has 11 heavy (non-hydrogen) atoms. The van der Waals surface area contributed by atoms with Crippen molar-refractivity contribution in [3.8, 4) is 0 Å². The van der Waals surface area contributed by atoms with Crippen LogP contribution in [0, 0.1) is 0 Å². The third-order valence-electron chi connectivity index (χ3n) is 1.80. The molecule has 58 valence electrons. The summed E-state index contributed by atoms with van der Waals surface area (Å²) in [6, 6.07) is 0. The van der Waals surface area contributed by atoms with E-state index in [9.17, 15) is 0 Å². The van der Waals surface area contributed by atoms with Gasteiger partial charge in [0.05, 0.1) is 0 Å². The first-order valence-electron chi connectivity index (χ1n) is 3.66. The Kier molecular flexibility index (Phi) is 2.32. The number of rotatable bonds is 2. The summed E-state index contributed by atoms with van der Waals surface area (Å²) < 4.78 is 0. The number of hydrogen-bond donors (Lipinski definition) is 0. The van der Waals surface area contributed by atoms with Gasteiger partial charge in [-0.3, -0.25) is 0 Å². The smallest absolute Gasteiger partial charge is 0.0433 e. The van der Waals surface area contributed by atoms with E-state index < -0.39 is 0 Å². The van der Waals surface area contributed by atoms with Crippen LogP contribution in [0.2, 0.25) is 0 Å². The molecule has 0 spiro atoms. The second-order valence-electron chi connectivity index (χ2n) is 2.53. The SMILES string of the molecule is C=CC1=C(C=C)N(C)CC=C1. The molecule has 0 amide bonds. The Hall–Kier alpha value is -1.24. The molecule has 0 atom stereocenters. The largest absolute Gasteiger partial charge is 0.370 e. The van der Waals surface area contributed by atoms with E-state index in [1.165, 1.54) is 0 Å². The van der Waals surface area contributed by atoms with Crippen LogP contribution >= 0.6 is 0 Å². The minimum atomic E-state index is 0.957. The molecule has 0 bridgehead atoms. The van der Waals surface area contributed by atoms with Crippen molar-refractivity contribution in [3.05, 3.63) is 48.7 Å². The minimum absolute atomic E-state index is 0.957. The maximum absolute atomic E-state index is 3.75. The zero-order valence-corrected chi connectivity index (χ0v) is 6.88. The Morgan fingerprint density at radius 2 is 2.18 bits per heavy atom. The predicted octanol–water partition coefficient (Wildman–Crippen LogP) is 2.11. The Balaban J connectivity index is 3.04. The molecule has 0 radical (unpaired) electrons. The van der Waals surface area contributed by atoms with Crippen LogP contribution in [0.1, 0.15) is 0 Å². The van der Waals surface area contributed by atoms with Crippen LogP contribution in [-0.2, 0) is 0 Å². The van der Waals surface area contributed by atoms with E-state index in [-0.39, 0.29) is 0 Å². The van der Waals surface area contributed by atoms with Crippen molar-refractivity contribution in [1.29, 1.82) is 0 Å². The summed E-state index contributed by atoms with van der Waals surface area (Å²) in [7, 11) is 2.05. The van der Waals surface area contributed by atoms with E-state index in [2.05, 4.69) is 30.2 Å². The van der Waals surface area contributed by atoms with E-state index in [0.717, 1.165) is 17.8 Å². The average Bonchev–Trinajstić information content (AvgIpc) is 2.04. The summed E-state index contributed by atoms with van der Waals surface area (Å²) in [4.78, 5) is 2.14. The molecule has 0 saturated heterocycles. The van der Waals surface area contributed by atoms with Crippen LogP contribution in [0.25, 0.3) is 0 Å². The molecular weight excluding hydrogens is 134 g/mol. The van der Waals surface area contributed by atoms with Crippen molar-refractivity contribution in [2.24, 2.45) is 0 Å². The fourth-order valence-electron chi connectivity index (χ4n) is 1.19. The van der Waals surface area contributed by atoms with E-state index >= 15 is 0 Å².